The Morgan fingerprint density at radius 2 is 0.706 bits per heavy atom. The molecule has 0 saturated heterocycles. The first-order valence-electron chi connectivity index (χ1n) is 8.53. The fraction of sp³-hybridized carbons (Fsp3) is 1.00. The summed E-state index contributed by atoms with van der Waals surface area (Å²) in [5.74, 6) is -55.9. The summed E-state index contributed by atoms with van der Waals surface area (Å²) in [5, 5.41) is 0. The van der Waals surface area contributed by atoms with Crippen molar-refractivity contribution in [3.8, 4) is 0 Å². The van der Waals surface area contributed by atoms with Gasteiger partial charge in [-0.2, -0.15) is 74.6 Å². The van der Waals surface area contributed by atoms with E-state index >= 15 is 0 Å². The van der Waals surface area contributed by atoms with Crippen molar-refractivity contribution in [3.63, 3.8) is 0 Å². The van der Waals surface area contributed by atoms with E-state index in [9.17, 15) is 74.6 Å². The van der Waals surface area contributed by atoms with E-state index < -0.39 is 69.2 Å². The second-order valence-corrected chi connectivity index (χ2v) is 11.2. The van der Waals surface area contributed by atoms with Crippen LogP contribution in [0.25, 0.3) is 0 Å². The maximum atomic E-state index is 13.9. The van der Waals surface area contributed by atoms with Crippen LogP contribution in [0.2, 0.25) is 6.04 Å². The Morgan fingerprint density at radius 1 is 0.441 bits per heavy atom. The SMILES string of the molecule is CN(C)[SiH](CCC(F)(F)C(F)(F)C(F)(F)C(F)(F)C(F)(F)C(F)(F)C(F)(F)C(F)(F)F)N(C)C. The van der Waals surface area contributed by atoms with Gasteiger partial charge in [-0.15, -0.1) is 0 Å². The van der Waals surface area contributed by atoms with Crippen LogP contribution in [0, 0.1) is 0 Å². The lowest BCUT2D eigenvalue weighted by atomic mass is 9.88. The minimum Gasteiger partial charge on any atom is -0.320 e. The second kappa shape index (κ2) is 9.11. The van der Waals surface area contributed by atoms with Crippen LogP contribution < -0.4 is 0 Å². The molecule has 0 radical (unpaired) electrons. The molecule has 0 heterocycles. The average molecular weight is 564 g/mol. The highest BCUT2D eigenvalue weighted by Crippen LogP contribution is 2.64. The Labute approximate surface area is 182 Å². The van der Waals surface area contributed by atoms with Gasteiger partial charge in [0, 0.05) is 6.42 Å². The van der Waals surface area contributed by atoms with Crippen LogP contribution in [0.15, 0.2) is 0 Å². The maximum absolute atomic E-state index is 13.9. The van der Waals surface area contributed by atoms with E-state index in [1.54, 1.807) is 0 Å². The minimum absolute atomic E-state index is 1.09. The maximum Gasteiger partial charge on any atom is 0.460 e. The molecule has 20 heteroatoms. The molecular formula is C14H17F17N2Si. The van der Waals surface area contributed by atoms with Gasteiger partial charge < -0.3 is 9.13 Å². The van der Waals surface area contributed by atoms with E-state index in [1.807, 2.05) is 0 Å². The predicted molar refractivity (Wildman–Crippen MR) is 84.6 cm³/mol. The fourth-order valence-corrected chi connectivity index (χ4v) is 5.22. The Morgan fingerprint density at radius 3 is 0.971 bits per heavy atom. The second-order valence-electron chi connectivity index (χ2n) is 7.60. The molecule has 0 aliphatic rings. The minimum atomic E-state index is -8.59. The zero-order chi connectivity index (χ0) is 28.1. The van der Waals surface area contributed by atoms with Crippen LogP contribution in [0.4, 0.5) is 74.6 Å². The standard InChI is InChI=1S/C14H17F17N2Si/c1-32(2)34(33(3)4)6-5-7(15,16)8(17,18)9(19,20)10(21,22)11(23,24)12(25,26)13(27,28)14(29,30)31/h34H,5-6H2,1-4H3. The van der Waals surface area contributed by atoms with Gasteiger partial charge in [-0.05, 0) is 34.2 Å². The molecule has 0 amide bonds. The van der Waals surface area contributed by atoms with Gasteiger partial charge in [0.15, 0.2) is 9.12 Å². The zero-order valence-corrected chi connectivity index (χ0v) is 18.5. The lowest BCUT2D eigenvalue weighted by Crippen LogP contribution is -2.74. The van der Waals surface area contributed by atoms with Crippen LogP contribution in [0.5, 0.6) is 0 Å². The highest BCUT2D eigenvalue weighted by Gasteiger charge is 2.95. The summed E-state index contributed by atoms with van der Waals surface area (Å²) >= 11 is 0. The largest absolute Gasteiger partial charge is 0.460 e. The van der Waals surface area contributed by atoms with Crippen molar-refractivity contribution in [2.24, 2.45) is 0 Å². The molecule has 0 rings (SSSR count). The van der Waals surface area contributed by atoms with Crippen LogP contribution in [-0.2, 0) is 0 Å². The van der Waals surface area contributed by atoms with Gasteiger partial charge in [0.25, 0.3) is 0 Å². The van der Waals surface area contributed by atoms with Crippen molar-refractivity contribution < 1.29 is 74.6 Å². The highest BCUT2D eigenvalue weighted by atomic mass is 28.3. The number of hydrogen-bond donors (Lipinski definition) is 0. The lowest BCUT2D eigenvalue weighted by Gasteiger charge is -2.43. The van der Waals surface area contributed by atoms with E-state index in [0.29, 0.717) is 0 Å². The van der Waals surface area contributed by atoms with E-state index in [2.05, 4.69) is 0 Å². The summed E-state index contributed by atoms with van der Waals surface area (Å²) in [5.41, 5.74) is 0. The van der Waals surface area contributed by atoms with Gasteiger partial charge >= 0.3 is 47.6 Å². The van der Waals surface area contributed by atoms with E-state index in [0.717, 1.165) is 0 Å². The summed E-state index contributed by atoms with van der Waals surface area (Å²) in [6.07, 6.45) is -10.1. The molecule has 0 atom stereocenters. The summed E-state index contributed by atoms with van der Waals surface area (Å²) in [7, 11) is 2.06. The molecule has 0 aromatic rings. The molecule has 0 aliphatic carbocycles. The highest BCUT2D eigenvalue weighted by molar-refractivity contribution is 6.52. The first-order valence-corrected chi connectivity index (χ1v) is 10.4. The molecule has 0 bridgehead atoms. The van der Waals surface area contributed by atoms with Crippen molar-refractivity contribution >= 4 is 9.12 Å². The van der Waals surface area contributed by atoms with E-state index in [4.69, 9.17) is 0 Å². The van der Waals surface area contributed by atoms with Crippen molar-refractivity contribution in [1.82, 2.24) is 9.13 Å². The molecule has 0 N–H and O–H groups in total. The molecule has 0 fully saturated rings. The average Bonchev–Trinajstić information content (AvgIpc) is 2.58. The number of rotatable bonds is 11. The summed E-state index contributed by atoms with van der Waals surface area (Å²) in [6.45, 7) is 0. The van der Waals surface area contributed by atoms with Crippen LogP contribution in [0.3, 0.4) is 0 Å². The van der Waals surface area contributed by atoms with Crippen molar-refractivity contribution in [3.05, 3.63) is 0 Å². The Balaban J connectivity index is 6.50. The van der Waals surface area contributed by atoms with Gasteiger partial charge in [0.05, 0.1) is 0 Å². The van der Waals surface area contributed by atoms with Gasteiger partial charge in [0.2, 0.25) is 0 Å². The van der Waals surface area contributed by atoms with Gasteiger partial charge in [-0.3, -0.25) is 0 Å². The molecule has 34 heavy (non-hydrogen) atoms. The summed E-state index contributed by atoms with van der Waals surface area (Å²) in [6, 6.07) is -1.09. The number of nitrogens with zero attached hydrogens (tertiary/aromatic N) is 2. The Hall–Kier alpha value is -1.05. The predicted octanol–water partition coefficient (Wildman–Crippen LogP) is 5.73. The molecule has 2 nitrogen and oxygen atoms in total. The van der Waals surface area contributed by atoms with Crippen molar-refractivity contribution in [1.29, 1.82) is 0 Å². The molecule has 0 saturated carbocycles. The smallest absolute Gasteiger partial charge is 0.320 e. The van der Waals surface area contributed by atoms with Crippen molar-refractivity contribution in [2.75, 3.05) is 28.2 Å². The zero-order valence-electron chi connectivity index (χ0n) is 17.3. The van der Waals surface area contributed by atoms with Crippen LogP contribution in [-0.4, -0.2) is 94.1 Å². The third-order valence-corrected chi connectivity index (χ3v) is 7.89. The first-order chi connectivity index (χ1) is 14.5. The van der Waals surface area contributed by atoms with Gasteiger partial charge in [0.1, 0.15) is 0 Å². The summed E-state index contributed by atoms with van der Waals surface area (Å²) < 4.78 is 227. The lowest BCUT2D eigenvalue weighted by molar-refractivity contribution is -0.461. The molecule has 0 spiro atoms. The molecule has 0 aromatic carbocycles. The fourth-order valence-electron chi connectivity index (χ4n) is 2.64. The number of hydrogen-bond acceptors (Lipinski definition) is 2. The van der Waals surface area contributed by atoms with Gasteiger partial charge in [-0.1, -0.05) is 0 Å². The normalized spacial score (nSPS) is 16.2. The third kappa shape index (κ3) is 4.81. The Bertz CT molecular complexity index is 693. The van der Waals surface area contributed by atoms with Crippen LogP contribution in [0.1, 0.15) is 6.42 Å². The molecular weight excluding hydrogens is 547 g/mol. The topological polar surface area (TPSA) is 6.48 Å². The number of halogens is 17. The third-order valence-electron chi connectivity index (χ3n) is 4.70. The van der Waals surface area contributed by atoms with E-state index in [1.165, 1.54) is 37.3 Å². The van der Waals surface area contributed by atoms with Gasteiger partial charge in [-0.25, -0.2) is 0 Å². The monoisotopic (exact) mass is 564 g/mol. The van der Waals surface area contributed by atoms with Crippen LogP contribution >= 0.6 is 0 Å². The summed E-state index contributed by atoms with van der Waals surface area (Å²) in [4.78, 5) is 0. The molecule has 0 aliphatic heterocycles. The number of alkyl halides is 17. The Kier molecular flexibility index (Phi) is 8.83. The van der Waals surface area contributed by atoms with E-state index in [-0.39, 0.29) is 0 Å². The van der Waals surface area contributed by atoms with Crippen molar-refractivity contribution in [2.45, 2.75) is 60.1 Å². The molecule has 0 unspecified atom stereocenters. The quantitative estimate of drug-likeness (QED) is 0.234. The molecule has 0 aromatic heterocycles. The first kappa shape index (κ1) is 32.9. The molecule has 206 valence electrons.